The van der Waals surface area contributed by atoms with Gasteiger partial charge in [0.1, 0.15) is 11.5 Å². The molecule has 0 radical (unpaired) electrons. The van der Waals surface area contributed by atoms with Crippen molar-refractivity contribution in [2.75, 3.05) is 24.7 Å². The Morgan fingerprint density at radius 1 is 0.389 bits per heavy atom. The summed E-state index contributed by atoms with van der Waals surface area (Å²) in [5.74, 6) is 4.50. The third-order valence-electron chi connectivity index (χ3n) is 19.8. The Morgan fingerprint density at radius 2 is 0.722 bits per heavy atom. The van der Waals surface area contributed by atoms with Crippen molar-refractivity contribution >= 4 is 65.9 Å². The van der Waals surface area contributed by atoms with Crippen LogP contribution in [0.25, 0.3) is 66.6 Å². The molecule has 8 heteroatoms. The lowest BCUT2D eigenvalue weighted by Gasteiger charge is -2.14. The Labute approximate surface area is 555 Å². The van der Waals surface area contributed by atoms with Crippen molar-refractivity contribution in [3.05, 3.63) is 106 Å². The number of benzene rings is 2. The number of aromatic nitrogens is 4. The highest BCUT2D eigenvalue weighted by molar-refractivity contribution is 8.76. The second-order valence-corrected chi connectivity index (χ2v) is 29.6. The average molecular weight is 1260 g/mol. The van der Waals surface area contributed by atoms with E-state index in [0.29, 0.717) is 13.2 Å². The van der Waals surface area contributed by atoms with Crippen molar-refractivity contribution in [1.82, 2.24) is 19.9 Å². The second-order valence-electron chi connectivity index (χ2n) is 26.9. The van der Waals surface area contributed by atoms with Crippen molar-refractivity contribution in [3.8, 4) is 33.8 Å². The summed E-state index contributed by atoms with van der Waals surface area (Å²) >= 11 is 0. The fraction of sp³-hybridized carbons (Fsp3) is 0.610. The molecule has 4 aliphatic rings. The molecular formula is C82H120N4O2S2. The molecule has 6 nitrogen and oxygen atoms in total. The summed E-state index contributed by atoms with van der Waals surface area (Å²) in [6.07, 6.45) is 46.5. The van der Waals surface area contributed by atoms with E-state index < -0.39 is 0 Å². The molecule has 3 aromatic heterocycles. The number of H-pyrrole nitrogens is 2. The molecule has 5 aromatic rings. The third kappa shape index (κ3) is 20.4. The van der Waals surface area contributed by atoms with Crippen molar-refractivity contribution in [3.63, 3.8) is 0 Å². The van der Waals surface area contributed by atoms with Crippen LogP contribution in [0, 0.1) is 13.8 Å². The van der Waals surface area contributed by atoms with E-state index in [4.69, 9.17) is 19.4 Å². The van der Waals surface area contributed by atoms with Gasteiger partial charge < -0.3 is 19.4 Å². The maximum Gasteiger partial charge on any atom is 0.127 e. The minimum Gasteiger partial charge on any atom is -0.493 e. The van der Waals surface area contributed by atoms with Gasteiger partial charge in [0, 0.05) is 44.8 Å². The van der Waals surface area contributed by atoms with Crippen LogP contribution in [0.1, 0.15) is 318 Å². The first-order valence-electron chi connectivity index (χ1n) is 37.2. The number of fused-ring (bicyclic) bond motifs is 25. The van der Waals surface area contributed by atoms with Gasteiger partial charge in [0.05, 0.1) is 47.0 Å². The Bertz CT molecular complexity index is 3000. The molecule has 0 fully saturated rings. The second kappa shape index (κ2) is 39.8. The molecule has 9 rings (SSSR count). The lowest BCUT2D eigenvalue weighted by atomic mass is 9.93. The number of aromatic amines is 2. The number of allylic oxidation sites excluding steroid dienone is 4. The van der Waals surface area contributed by atoms with Gasteiger partial charge in [-0.2, -0.15) is 0 Å². The molecule has 0 spiro atoms. The van der Waals surface area contributed by atoms with E-state index in [1.165, 1.54) is 247 Å². The zero-order valence-electron chi connectivity index (χ0n) is 58.0. The first-order chi connectivity index (χ1) is 44.3. The first-order valence-corrected chi connectivity index (χ1v) is 39.7. The SMILES string of the molecule is CCCCCCC1=C(C)c2nc1cc1[nH]c(c(C)c1CCCCCC)c1c3nc(cc4[nH]c(c(C)c4CCCCCC)c2-c2ccccc2OCCCCCCCCCCCSSCCCCCCCCCCCOc2ccccc2-1)C(CCCCCC)=C3C. The first kappa shape index (κ1) is 71.2. The molecule has 0 saturated heterocycles. The summed E-state index contributed by atoms with van der Waals surface area (Å²) in [5.41, 5.74) is 24.3. The Morgan fingerprint density at radius 3 is 1.09 bits per heavy atom. The molecule has 0 atom stereocenters. The average Bonchev–Trinajstić information content (AvgIpc) is 1.59. The fourth-order valence-electron chi connectivity index (χ4n) is 14.3. The van der Waals surface area contributed by atoms with Crippen LogP contribution in [-0.2, 0) is 12.8 Å². The van der Waals surface area contributed by atoms with Gasteiger partial charge in [-0.15, -0.1) is 0 Å². The number of rotatable bonds is 20. The van der Waals surface area contributed by atoms with Crippen LogP contribution >= 0.6 is 21.6 Å². The number of nitrogens with one attached hydrogen (secondary N) is 2. The van der Waals surface area contributed by atoms with Crippen molar-refractivity contribution in [2.24, 2.45) is 0 Å². The monoisotopic (exact) mass is 1260 g/mol. The standard InChI is InChI=1S/C82H120N4O2S2/c1-9-13-17-35-47-65-61(5)79-77-69-51-39-41-53-75(69)87-55-43-31-27-23-21-25-29-33-45-57-89-90-58-46-34-30-26-22-24-28-32-44-56-88-76-54-42-40-52-70(76)78(81-62(6)66(48-36-18-14-10-2)72(84-81)59-71(65)83-79)82-64(8)68(50-38-20-16-12-4)74(86-82)60-73-67(49-37-19-15-11-3)63(7)80(77)85-73/h39-42,51-54,59-60,83,86H,9-38,43-50,55-58H2,1-8H3. The number of hydrogen-bond acceptors (Lipinski definition) is 6. The van der Waals surface area contributed by atoms with Crippen LogP contribution in [0.4, 0.5) is 0 Å². The summed E-state index contributed by atoms with van der Waals surface area (Å²) in [6, 6.07) is 22.8. The molecule has 10 bridgehead atoms. The molecule has 2 aromatic carbocycles. The number of unbranched alkanes of at least 4 members (excludes halogenated alkanes) is 12. The van der Waals surface area contributed by atoms with Crippen molar-refractivity contribution < 1.29 is 9.47 Å². The topological polar surface area (TPSA) is 75.8 Å². The van der Waals surface area contributed by atoms with E-state index in [0.717, 1.165) is 132 Å². The molecule has 0 saturated carbocycles. The zero-order valence-corrected chi connectivity index (χ0v) is 59.6. The number of ether oxygens (including phenoxy) is 2. The third-order valence-corrected chi connectivity index (χ3v) is 22.4. The van der Waals surface area contributed by atoms with Crippen molar-refractivity contribution in [1.29, 1.82) is 0 Å². The molecule has 2 N–H and O–H groups in total. The van der Waals surface area contributed by atoms with Crippen LogP contribution in [0.5, 0.6) is 11.5 Å². The molecule has 90 heavy (non-hydrogen) atoms. The lowest BCUT2D eigenvalue weighted by Crippen LogP contribution is -2.00. The maximum absolute atomic E-state index is 7.06. The normalized spacial score (nSPS) is 16.1. The lowest BCUT2D eigenvalue weighted by molar-refractivity contribution is 0.305. The van der Waals surface area contributed by atoms with E-state index in [2.05, 4.69) is 148 Å². The molecule has 0 amide bonds. The number of aryl methyl sites for hydroxylation is 4. The molecule has 4 aliphatic heterocycles. The van der Waals surface area contributed by atoms with Gasteiger partial charge in [-0.25, -0.2) is 9.97 Å². The largest absolute Gasteiger partial charge is 0.493 e. The van der Waals surface area contributed by atoms with E-state index in [9.17, 15) is 0 Å². The molecule has 0 aliphatic carbocycles. The Balaban J connectivity index is 1.39. The van der Waals surface area contributed by atoms with Crippen LogP contribution in [0.15, 0.2) is 60.7 Å². The van der Waals surface area contributed by atoms with Crippen LogP contribution in [0.3, 0.4) is 0 Å². The Kier molecular flexibility index (Phi) is 31.5. The zero-order chi connectivity index (χ0) is 63.1. The van der Waals surface area contributed by atoms with Gasteiger partial charge >= 0.3 is 0 Å². The molecular weight excluding hydrogens is 1140 g/mol. The molecule has 492 valence electrons. The van der Waals surface area contributed by atoms with Gasteiger partial charge in [-0.1, -0.05) is 253 Å². The van der Waals surface area contributed by atoms with E-state index in [-0.39, 0.29) is 0 Å². The highest BCUT2D eigenvalue weighted by Gasteiger charge is 2.28. The summed E-state index contributed by atoms with van der Waals surface area (Å²) < 4.78 is 14.1. The van der Waals surface area contributed by atoms with Crippen molar-refractivity contribution in [2.45, 2.75) is 299 Å². The number of nitrogens with zero attached hydrogens (tertiary/aromatic N) is 2. The van der Waals surface area contributed by atoms with Crippen LogP contribution in [0.2, 0.25) is 0 Å². The predicted octanol–water partition coefficient (Wildman–Crippen LogP) is 26.5. The Hall–Kier alpha value is -4.66. The fourth-order valence-corrected chi connectivity index (χ4v) is 16.6. The predicted molar refractivity (Wildman–Crippen MR) is 399 cm³/mol. The maximum atomic E-state index is 7.06. The van der Waals surface area contributed by atoms with Gasteiger partial charge in [-0.05, 0) is 174 Å². The smallest absolute Gasteiger partial charge is 0.127 e. The summed E-state index contributed by atoms with van der Waals surface area (Å²) in [4.78, 5) is 20.6. The van der Waals surface area contributed by atoms with Gasteiger partial charge in [0.25, 0.3) is 0 Å². The number of para-hydroxylation sites is 2. The minimum atomic E-state index is 0.705. The summed E-state index contributed by atoms with van der Waals surface area (Å²) in [6.45, 7) is 20.3. The van der Waals surface area contributed by atoms with Gasteiger partial charge in [0.2, 0.25) is 0 Å². The highest BCUT2D eigenvalue weighted by atomic mass is 33.1. The highest BCUT2D eigenvalue weighted by Crippen LogP contribution is 2.47. The minimum absolute atomic E-state index is 0.705. The summed E-state index contributed by atoms with van der Waals surface area (Å²) in [7, 11) is 4.23. The molecule has 7 heterocycles. The van der Waals surface area contributed by atoms with Crippen LogP contribution in [-0.4, -0.2) is 44.7 Å². The van der Waals surface area contributed by atoms with E-state index in [1.54, 1.807) is 0 Å². The summed E-state index contributed by atoms with van der Waals surface area (Å²) in [5, 5.41) is 0. The van der Waals surface area contributed by atoms with E-state index in [1.807, 2.05) is 0 Å². The van der Waals surface area contributed by atoms with E-state index >= 15 is 0 Å². The quantitative estimate of drug-likeness (QED) is 0.0597. The van der Waals surface area contributed by atoms with Gasteiger partial charge in [0.15, 0.2) is 0 Å². The van der Waals surface area contributed by atoms with Crippen LogP contribution < -0.4 is 9.47 Å². The molecule has 0 unspecified atom stereocenters. The van der Waals surface area contributed by atoms with Gasteiger partial charge in [-0.3, -0.25) is 0 Å². The number of hydrogen-bond donors (Lipinski definition) is 2.